The van der Waals surface area contributed by atoms with Crippen molar-refractivity contribution in [3.8, 4) is 0 Å². The molecule has 1 atom stereocenters. The molecule has 1 aliphatic heterocycles. The number of thiophene rings is 2. The molecule has 1 amide bonds. The Kier molecular flexibility index (Phi) is 5.61. The third kappa shape index (κ3) is 3.64. The van der Waals surface area contributed by atoms with E-state index in [9.17, 15) is 4.79 Å². The van der Waals surface area contributed by atoms with Gasteiger partial charge in [0, 0.05) is 31.1 Å². The molecular weight excluding hydrogens is 390 g/mol. The second-order valence-electron chi connectivity index (χ2n) is 7.17. The van der Waals surface area contributed by atoms with E-state index in [1.54, 1.807) is 17.7 Å². The number of rotatable bonds is 5. The van der Waals surface area contributed by atoms with E-state index in [0.29, 0.717) is 0 Å². The van der Waals surface area contributed by atoms with Crippen molar-refractivity contribution in [1.82, 2.24) is 20.2 Å². The van der Waals surface area contributed by atoms with Gasteiger partial charge in [0.1, 0.15) is 17.0 Å². The average molecular weight is 416 g/mol. The first-order chi connectivity index (χ1) is 13.6. The lowest BCUT2D eigenvalue weighted by molar-refractivity contribution is 0.0940. The minimum absolute atomic E-state index is 0.0231. The van der Waals surface area contributed by atoms with Crippen molar-refractivity contribution < 1.29 is 4.79 Å². The molecule has 0 radical (unpaired) electrons. The number of anilines is 1. The van der Waals surface area contributed by atoms with E-state index in [1.807, 2.05) is 18.4 Å². The van der Waals surface area contributed by atoms with Gasteiger partial charge in [0.25, 0.3) is 5.91 Å². The summed E-state index contributed by atoms with van der Waals surface area (Å²) >= 11 is 3.14. The number of hydrogen-bond acceptors (Lipinski definition) is 7. The van der Waals surface area contributed by atoms with E-state index in [0.717, 1.165) is 59.1 Å². The maximum Gasteiger partial charge on any atom is 0.262 e. The molecule has 0 aliphatic carbocycles. The average Bonchev–Trinajstić information content (AvgIpc) is 3.35. The van der Waals surface area contributed by atoms with Crippen LogP contribution in [0.3, 0.4) is 0 Å². The van der Waals surface area contributed by atoms with Crippen LogP contribution in [0, 0.1) is 6.92 Å². The molecule has 148 valence electrons. The van der Waals surface area contributed by atoms with E-state index in [4.69, 9.17) is 0 Å². The van der Waals surface area contributed by atoms with Crippen LogP contribution in [0.4, 0.5) is 5.82 Å². The summed E-state index contributed by atoms with van der Waals surface area (Å²) in [4.78, 5) is 29.5. The standard InChI is InChI=1S/C20H25N5OS2/c1-4-14(15-6-5-11-27-15)23-19(26)17-13(2)16-18(21-12-22-20(16)28-17)25-9-7-24(3)8-10-25/h5-6,11-12,14H,4,7-10H2,1-3H3,(H,23,26)/t14-/m0/s1. The quantitative estimate of drug-likeness (QED) is 0.689. The van der Waals surface area contributed by atoms with Crippen LogP contribution in [0.15, 0.2) is 23.8 Å². The highest BCUT2D eigenvalue weighted by Gasteiger charge is 2.25. The molecule has 3 aromatic heterocycles. The molecule has 1 aliphatic rings. The van der Waals surface area contributed by atoms with Gasteiger partial charge in [-0.3, -0.25) is 4.79 Å². The molecule has 0 saturated carbocycles. The van der Waals surface area contributed by atoms with Crippen molar-refractivity contribution in [3.63, 3.8) is 0 Å². The third-order valence-electron chi connectivity index (χ3n) is 5.32. The summed E-state index contributed by atoms with van der Waals surface area (Å²) in [6, 6.07) is 4.14. The number of amides is 1. The summed E-state index contributed by atoms with van der Waals surface area (Å²) in [6.45, 7) is 8.02. The summed E-state index contributed by atoms with van der Waals surface area (Å²) in [5.41, 5.74) is 0.980. The zero-order valence-electron chi connectivity index (χ0n) is 16.4. The lowest BCUT2D eigenvalue weighted by atomic mass is 10.1. The molecule has 0 unspecified atom stereocenters. The number of nitrogens with zero attached hydrogens (tertiary/aromatic N) is 4. The predicted octanol–water partition coefficient (Wildman–Crippen LogP) is 3.69. The summed E-state index contributed by atoms with van der Waals surface area (Å²) in [5.74, 6) is 0.932. The molecule has 4 heterocycles. The first-order valence-electron chi connectivity index (χ1n) is 9.60. The fraction of sp³-hybridized carbons (Fsp3) is 0.450. The number of hydrogen-bond donors (Lipinski definition) is 1. The molecule has 0 bridgehead atoms. The lowest BCUT2D eigenvalue weighted by Crippen LogP contribution is -2.44. The fourth-order valence-electron chi connectivity index (χ4n) is 3.62. The van der Waals surface area contributed by atoms with Crippen LogP contribution in [-0.2, 0) is 0 Å². The van der Waals surface area contributed by atoms with Crippen LogP contribution in [0.1, 0.15) is 39.5 Å². The Morgan fingerprint density at radius 2 is 2.07 bits per heavy atom. The van der Waals surface area contributed by atoms with E-state index in [-0.39, 0.29) is 11.9 Å². The van der Waals surface area contributed by atoms with E-state index < -0.39 is 0 Å². The van der Waals surface area contributed by atoms with Gasteiger partial charge in [0.05, 0.1) is 16.3 Å². The molecule has 1 saturated heterocycles. The number of aromatic nitrogens is 2. The number of likely N-dealkylation sites (N-methyl/N-ethyl adjacent to an activating group) is 1. The SMILES string of the molecule is CC[C@H](NC(=O)c1sc2ncnc(N3CCN(C)CC3)c2c1C)c1cccs1. The van der Waals surface area contributed by atoms with Crippen LogP contribution < -0.4 is 10.2 Å². The Balaban J connectivity index is 1.64. The first kappa shape index (κ1) is 19.3. The Labute approximate surface area is 173 Å². The summed E-state index contributed by atoms with van der Waals surface area (Å²) in [6.07, 6.45) is 2.48. The lowest BCUT2D eigenvalue weighted by Gasteiger charge is -2.33. The summed E-state index contributed by atoms with van der Waals surface area (Å²) < 4.78 is 0. The summed E-state index contributed by atoms with van der Waals surface area (Å²) in [5, 5.41) is 6.27. The number of carbonyl (C=O) groups excluding carboxylic acids is 1. The molecule has 6 nitrogen and oxygen atoms in total. The van der Waals surface area contributed by atoms with Crippen LogP contribution >= 0.6 is 22.7 Å². The zero-order valence-corrected chi connectivity index (χ0v) is 18.1. The van der Waals surface area contributed by atoms with Gasteiger partial charge in [-0.15, -0.1) is 22.7 Å². The van der Waals surface area contributed by atoms with Crippen molar-refractivity contribution in [3.05, 3.63) is 39.2 Å². The van der Waals surface area contributed by atoms with Gasteiger partial charge in [0.2, 0.25) is 0 Å². The topological polar surface area (TPSA) is 61.4 Å². The fourth-order valence-corrected chi connectivity index (χ4v) is 5.52. The van der Waals surface area contributed by atoms with Gasteiger partial charge < -0.3 is 15.1 Å². The molecule has 0 spiro atoms. The smallest absolute Gasteiger partial charge is 0.262 e. The minimum Gasteiger partial charge on any atom is -0.353 e. The predicted molar refractivity (Wildman–Crippen MR) is 117 cm³/mol. The van der Waals surface area contributed by atoms with Crippen molar-refractivity contribution in [2.24, 2.45) is 0 Å². The number of nitrogens with one attached hydrogen (secondary N) is 1. The molecule has 0 aromatic carbocycles. The van der Waals surface area contributed by atoms with Gasteiger partial charge in [-0.2, -0.15) is 0 Å². The molecule has 1 N–H and O–H groups in total. The zero-order chi connectivity index (χ0) is 19.7. The Morgan fingerprint density at radius 1 is 1.29 bits per heavy atom. The normalized spacial score (nSPS) is 16.5. The van der Waals surface area contributed by atoms with Crippen LogP contribution in [0.2, 0.25) is 0 Å². The number of fused-ring (bicyclic) bond motifs is 1. The Bertz CT molecular complexity index is 961. The molecular formula is C20H25N5OS2. The van der Waals surface area contributed by atoms with Gasteiger partial charge in [0.15, 0.2) is 0 Å². The largest absolute Gasteiger partial charge is 0.353 e. The molecule has 3 aromatic rings. The van der Waals surface area contributed by atoms with Gasteiger partial charge in [-0.1, -0.05) is 13.0 Å². The first-order valence-corrected chi connectivity index (χ1v) is 11.3. The highest BCUT2D eigenvalue weighted by atomic mass is 32.1. The van der Waals surface area contributed by atoms with Crippen molar-refractivity contribution in [1.29, 1.82) is 0 Å². The van der Waals surface area contributed by atoms with E-state index in [2.05, 4.69) is 45.1 Å². The van der Waals surface area contributed by atoms with Gasteiger partial charge in [-0.25, -0.2) is 9.97 Å². The number of aryl methyl sites for hydroxylation is 1. The maximum atomic E-state index is 13.1. The second-order valence-corrected chi connectivity index (χ2v) is 9.15. The molecule has 28 heavy (non-hydrogen) atoms. The van der Waals surface area contributed by atoms with Crippen molar-refractivity contribution in [2.45, 2.75) is 26.3 Å². The van der Waals surface area contributed by atoms with Gasteiger partial charge in [-0.05, 0) is 37.4 Å². The maximum absolute atomic E-state index is 13.1. The van der Waals surface area contributed by atoms with Crippen LogP contribution in [0.25, 0.3) is 10.2 Å². The van der Waals surface area contributed by atoms with Gasteiger partial charge >= 0.3 is 0 Å². The third-order valence-corrected chi connectivity index (χ3v) is 7.50. The molecule has 4 rings (SSSR count). The monoisotopic (exact) mass is 415 g/mol. The van der Waals surface area contributed by atoms with Crippen LogP contribution in [-0.4, -0.2) is 54.0 Å². The number of carbonyl (C=O) groups is 1. The Hall–Kier alpha value is -2.03. The van der Waals surface area contributed by atoms with E-state index in [1.165, 1.54) is 16.2 Å². The highest BCUT2D eigenvalue weighted by molar-refractivity contribution is 7.20. The molecule has 1 fully saturated rings. The Morgan fingerprint density at radius 3 is 2.75 bits per heavy atom. The van der Waals surface area contributed by atoms with Crippen molar-refractivity contribution in [2.75, 3.05) is 38.1 Å². The van der Waals surface area contributed by atoms with Crippen molar-refractivity contribution >= 4 is 44.6 Å². The van der Waals surface area contributed by atoms with Crippen LogP contribution in [0.5, 0.6) is 0 Å². The number of piperazine rings is 1. The molecule has 8 heteroatoms. The summed E-state index contributed by atoms with van der Waals surface area (Å²) in [7, 11) is 2.14. The second kappa shape index (κ2) is 8.14. The highest BCUT2D eigenvalue weighted by Crippen LogP contribution is 2.35. The minimum atomic E-state index is -0.0231. The van der Waals surface area contributed by atoms with E-state index >= 15 is 0 Å².